The van der Waals surface area contributed by atoms with E-state index in [2.05, 4.69) is 46.2 Å². The summed E-state index contributed by atoms with van der Waals surface area (Å²) in [5.41, 5.74) is 1.85. The van der Waals surface area contributed by atoms with Gasteiger partial charge in [-0.1, -0.05) is 34.3 Å². The van der Waals surface area contributed by atoms with Crippen molar-refractivity contribution in [3.8, 4) is 0 Å². The van der Waals surface area contributed by atoms with Crippen LogP contribution >= 0.6 is 7.75 Å². The maximum atomic E-state index is 6.32. The molecular weight excluding hydrogens is 235 g/mol. The van der Waals surface area contributed by atoms with Crippen LogP contribution in [-0.2, 0) is 4.43 Å². The summed E-state index contributed by atoms with van der Waals surface area (Å²) in [6, 6.07) is 0. The number of hydrogen-bond acceptors (Lipinski definition) is 1. The molecule has 15 heavy (non-hydrogen) atoms. The van der Waals surface area contributed by atoms with Gasteiger partial charge in [-0.15, -0.1) is 0 Å². The number of rotatable bonds is 4. The first-order valence-electron chi connectivity index (χ1n) is 5.81. The summed E-state index contributed by atoms with van der Waals surface area (Å²) in [6.45, 7) is 16.5. The molecule has 1 aliphatic carbocycles. The van der Waals surface area contributed by atoms with Crippen LogP contribution < -0.4 is 0 Å². The second-order valence-corrected chi connectivity index (χ2v) is 21.0. The molecule has 0 radical (unpaired) electrons. The normalized spacial score (nSPS) is 21.7. The maximum absolute atomic E-state index is 6.32. The van der Waals surface area contributed by atoms with Crippen LogP contribution in [0.1, 0.15) is 19.8 Å². The minimum Gasteiger partial charge on any atom is -0.385 e. The van der Waals surface area contributed by atoms with Gasteiger partial charge in [0.05, 0.1) is 5.48 Å². The number of hydrogen-bond donors (Lipinski definition) is 0. The Hall–Kier alpha value is 0.564. The van der Waals surface area contributed by atoms with E-state index in [1.165, 1.54) is 26.1 Å². The zero-order chi connectivity index (χ0) is 11.9. The van der Waals surface area contributed by atoms with E-state index >= 15 is 0 Å². The third-order valence-electron chi connectivity index (χ3n) is 2.36. The molecule has 0 atom stereocenters. The fraction of sp³-hybridized carbons (Fsp3) is 0.909. The van der Waals surface area contributed by atoms with E-state index in [4.69, 9.17) is 4.43 Å². The third kappa shape index (κ3) is 4.94. The second-order valence-electron chi connectivity index (χ2n) is 6.86. The zero-order valence-corrected chi connectivity index (χ0v) is 14.2. The smallest absolute Gasteiger partial charge is 0.191 e. The van der Waals surface area contributed by atoms with Gasteiger partial charge < -0.3 is 4.43 Å². The van der Waals surface area contributed by atoms with Crippen LogP contribution in [0.5, 0.6) is 0 Å². The van der Waals surface area contributed by atoms with Gasteiger partial charge in [0, 0.05) is 5.41 Å². The molecule has 4 heteroatoms. The summed E-state index contributed by atoms with van der Waals surface area (Å²) in [5.74, 6) is 0. The third-order valence-corrected chi connectivity index (χ3v) is 7.47. The molecule has 1 aliphatic rings. The largest absolute Gasteiger partial charge is 0.385 e. The predicted molar refractivity (Wildman–Crippen MR) is 77.0 cm³/mol. The highest BCUT2D eigenvalue weighted by molar-refractivity contribution is 7.81. The molecule has 0 aromatic rings. The average Bonchev–Trinajstić information content (AvgIpc) is 2.61. The van der Waals surface area contributed by atoms with Crippen LogP contribution in [0.15, 0.2) is 0 Å². The standard InChI is InChI=1S/C11H25OPSi2/c1-11(8-9-11)10(12-14(2,3)4)13-15(5,6)7/h8-9H2,1-7H3. The maximum Gasteiger partial charge on any atom is 0.191 e. The molecule has 0 saturated heterocycles. The predicted octanol–water partition coefficient (Wildman–Crippen LogP) is 4.55. The fourth-order valence-electron chi connectivity index (χ4n) is 1.28. The van der Waals surface area contributed by atoms with Gasteiger partial charge in [-0.2, -0.15) is 0 Å². The summed E-state index contributed by atoms with van der Waals surface area (Å²) < 4.78 is 6.32. The van der Waals surface area contributed by atoms with Gasteiger partial charge in [0.15, 0.2) is 8.32 Å². The van der Waals surface area contributed by atoms with E-state index in [0.717, 1.165) is 0 Å². The van der Waals surface area contributed by atoms with Crippen molar-refractivity contribution in [1.29, 1.82) is 0 Å². The summed E-state index contributed by atoms with van der Waals surface area (Å²) >= 11 is 0. The van der Waals surface area contributed by atoms with E-state index in [-0.39, 0.29) is 0 Å². The Morgan fingerprint density at radius 2 is 1.53 bits per heavy atom. The molecule has 0 spiro atoms. The van der Waals surface area contributed by atoms with Crippen LogP contribution in [0.2, 0.25) is 39.3 Å². The molecule has 0 aliphatic heterocycles. The Labute approximate surface area is 98.4 Å². The average molecular weight is 260 g/mol. The Morgan fingerprint density at radius 3 is 1.80 bits per heavy atom. The highest BCUT2D eigenvalue weighted by Gasteiger charge is 2.44. The summed E-state index contributed by atoms with van der Waals surface area (Å²) in [4.78, 5) is 0. The quantitative estimate of drug-likeness (QED) is 0.532. The molecule has 0 bridgehead atoms. The molecule has 0 unspecified atom stereocenters. The van der Waals surface area contributed by atoms with Gasteiger partial charge in [-0.05, 0) is 32.5 Å². The van der Waals surface area contributed by atoms with Crippen molar-refractivity contribution >= 4 is 29.3 Å². The van der Waals surface area contributed by atoms with E-state index < -0.39 is 16.1 Å². The summed E-state index contributed by atoms with van der Waals surface area (Å²) in [7, 11) is -0.942. The van der Waals surface area contributed by atoms with Crippen molar-refractivity contribution in [3.63, 3.8) is 0 Å². The van der Waals surface area contributed by atoms with Gasteiger partial charge in [0.1, 0.15) is 7.74 Å². The van der Waals surface area contributed by atoms with Crippen molar-refractivity contribution in [2.75, 3.05) is 0 Å². The Bertz CT molecular complexity index is 269. The van der Waals surface area contributed by atoms with Crippen LogP contribution in [0, 0.1) is 5.41 Å². The van der Waals surface area contributed by atoms with Gasteiger partial charge >= 0.3 is 0 Å². The van der Waals surface area contributed by atoms with Gasteiger partial charge in [-0.3, -0.25) is 0 Å². The lowest BCUT2D eigenvalue weighted by Gasteiger charge is -2.25. The molecule has 0 aromatic heterocycles. The molecule has 0 aromatic carbocycles. The van der Waals surface area contributed by atoms with Gasteiger partial charge in [0.2, 0.25) is 0 Å². The van der Waals surface area contributed by atoms with Gasteiger partial charge in [0.25, 0.3) is 0 Å². The van der Waals surface area contributed by atoms with Crippen molar-refractivity contribution in [2.45, 2.75) is 59.0 Å². The second kappa shape index (κ2) is 4.10. The first-order chi connectivity index (χ1) is 6.52. The minimum absolute atomic E-state index is 0.433. The van der Waals surface area contributed by atoms with Crippen molar-refractivity contribution < 1.29 is 4.43 Å². The van der Waals surface area contributed by atoms with E-state index in [1.807, 2.05) is 0 Å². The molecule has 0 heterocycles. The van der Waals surface area contributed by atoms with Gasteiger partial charge in [-0.25, -0.2) is 0 Å². The highest BCUT2D eigenvalue weighted by atomic mass is 31.3. The Morgan fingerprint density at radius 1 is 1.07 bits per heavy atom. The van der Waals surface area contributed by atoms with E-state index in [9.17, 15) is 0 Å². The van der Waals surface area contributed by atoms with Crippen LogP contribution in [0.25, 0.3) is 0 Å². The lowest BCUT2D eigenvalue weighted by Crippen LogP contribution is -2.33. The zero-order valence-electron chi connectivity index (χ0n) is 11.3. The summed E-state index contributed by atoms with van der Waals surface area (Å²) in [6.07, 6.45) is 2.68. The van der Waals surface area contributed by atoms with Crippen molar-refractivity contribution in [3.05, 3.63) is 0 Å². The fourth-order valence-corrected chi connectivity index (χ4v) is 7.26. The van der Waals surface area contributed by atoms with Crippen LogP contribution in [-0.4, -0.2) is 21.5 Å². The molecule has 0 amide bonds. The van der Waals surface area contributed by atoms with Crippen molar-refractivity contribution in [1.82, 2.24) is 0 Å². The first kappa shape index (κ1) is 13.6. The summed E-state index contributed by atoms with van der Waals surface area (Å²) in [5, 5.41) is 0. The van der Waals surface area contributed by atoms with Crippen LogP contribution in [0.4, 0.5) is 0 Å². The lowest BCUT2D eigenvalue weighted by atomic mass is 10.2. The van der Waals surface area contributed by atoms with Crippen LogP contribution in [0.3, 0.4) is 0 Å². The highest BCUT2D eigenvalue weighted by Crippen LogP contribution is 2.49. The molecular formula is C11H25OPSi2. The Kier molecular flexibility index (Phi) is 3.72. The minimum atomic E-state index is -1.41. The monoisotopic (exact) mass is 260 g/mol. The molecule has 88 valence electrons. The van der Waals surface area contributed by atoms with E-state index in [0.29, 0.717) is 5.41 Å². The molecule has 1 saturated carbocycles. The first-order valence-corrected chi connectivity index (χ1v) is 14.5. The molecule has 1 rings (SSSR count). The molecule has 1 nitrogen and oxygen atoms in total. The lowest BCUT2D eigenvalue weighted by molar-refractivity contribution is 0.506. The van der Waals surface area contributed by atoms with Crippen molar-refractivity contribution in [2.24, 2.45) is 5.41 Å². The SMILES string of the molecule is CC1(C(O[Si](C)(C)C)=P[Si](C)(C)C)CC1. The molecule has 0 N–H and O–H groups in total. The van der Waals surface area contributed by atoms with E-state index in [1.54, 1.807) is 0 Å². The Balaban J connectivity index is 2.85. The topological polar surface area (TPSA) is 9.23 Å². The molecule has 1 fully saturated rings.